The minimum absolute atomic E-state index is 0.0962. The van der Waals surface area contributed by atoms with Gasteiger partial charge in [0.25, 0.3) is 5.91 Å². The van der Waals surface area contributed by atoms with Crippen LogP contribution in [0.15, 0.2) is 30.6 Å². The van der Waals surface area contributed by atoms with Gasteiger partial charge in [-0.25, -0.2) is 0 Å². The van der Waals surface area contributed by atoms with Crippen LogP contribution < -0.4 is 14.8 Å². The number of methoxy groups -OCH3 is 2. The summed E-state index contributed by atoms with van der Waals surface area (Å²) in [6.07, 6.45) is 2.57. The summed E-state index contributed by atoms with van der Waals surface area (Å²) < 4.78 is 10.3. The van der Waals surface area contributed by atoms with E-state index in [2.05, 4.69) is 10.3 Å². The average molecular weight is 309 g/mol. The summed E-state index contributed by atoms with van der Waals surface area (Å²) >= 11 is 6.08. The average Bonchev–Trinajstić information content (AvgIpc) is 2.48. The number of carbonyl (C=O) groups excluding carboxylic acids is 1. The molecule has 2 rings (SSSR count). The molecule has 0 atom stereocenters. The number of carbonyl (C=O) groups is 1. The zero-order chi connectivity index (χ0) is 15.4. The standard InChI is InChI=1S/C14H13ClN2O4/c1-20-12-4-10(15)11(5-13(12)21-2)17-14(19)8-3-9(18)7-16-6-8/h3-7,18H,1-2H3,(H,17,19). The summed E-state index contributed by atoms with van der Waals surface area (Å²) in [4.78, 5) is 15.8. The number of aromatic hydroxyl groups is 1. The fourth-order valence-corrected chi connectivity index (χ4v) is 1.90. The van der Waals surface area contributed by atoms with Gasteiger partial charge in [0.05, 0.1) is 36.7 Å². The Hall–Kier alpha value is -2.47. The van der Waals surface area contributed by atoms with Crippen LogP contribution in [0.25, 0.3) is 0 Å². The van der Waals surface area contributed by atoms with Crippen molar-refractivity contribution in [1.29, 1.82) is 0 Å². The third-order valence-corrected chi connectivity index (χ3v) is 3.02. The third-order valence-electron chi connectivity index (χ3n) is 2.71. The van der Waals surface area contributed by atoms with Crippen LogP contribution in [0.1, 0.15) is 10.4 Å². The van der Waals surface area contributed by atoms with Gasteiger partial charge in [-0.3, -0.25) is 9.78 Å². The minimum Gasteiger partial charge on any atom is -0.506 e. The molecule has 1 aromatic heterocycles. The Bertz CT molecular complexity index is 676. The fourth-order valence-electron chi connectivity index (χ4n) is 1.70. The van der Waals surface area contributed by atoms with E-state index in [-0.39, 0.29) is 11.3 Å². The normalized spacial score (nSPS) is 10.0. The molecule has 0 aliphatic heterocycles. The molecule has 0 aliphatic rings. The lowest BCUT2D eigenvalue weighted by Gasteiger charge is -2.12. The number of pyridine rings is 1. The molecule has 0 bridgehead atoms. The molecular formula is C14H13ClN2O4. The van der Waals surface area contributed by atoms with Crippen molar-refractivity contribution in [3.8, 4) is 17.2 Å². The molecular weight excluding hydrogens is 296 g/mol. The highest BCUT2D eigenvalue weighted by molar-refractivity contribution is 6.34. The number of ether oxygens (including phenoxy) is 2. The van der Waals surface area contributed by atoms with E-state index in [1.165, 1.54) is 38.7 Å². The van der Waals surface area contributed by atoms with Gasteiger partial charge in [-0.1, -0.05) is 11.6 Å². The molecule has 0 spiro atoms. The van der Waals surface area contributed by atoms with Crippen molar-refractivity contribution in [2.24, 2.45) is 0 Å². The Balaban J connectivity index is 2.29. The van der Waals surface area contributed by atoms with Crippen molar-refractivity contribution in [2.75, 3.05) is 19.5 Å². The van der Waals surface area contributed by atoms with E-state index >= 15 is 0 Å². The van der Waals surface area contributed by atoms with E-state index in [0.717, 1.165) is 0 Å². The quantitative estimate of drug-likeness (QED) is 0.907. The predicted molar refractivity (Wildman–Crippen MR) is 78.4 cm³/mol. The number of benzene rings is 1. The summed E-state index contributed by atoms with van der Waals surface area (Å²) in [7, 11) is 2.97. The molecule has 0 unspecified atom stereocenters. The molecule has 0 fully saturated rings. The molecule has 0 saturated carbocycles. The van der Waals surface area contributed by atoms with E-state index < -0.39 is 5.91 Å². The highest BCUT2D eigenvalue weighted by Gasteiger charge is 2.13. The number of aromatic nitrogens is 1. The van der Waals surface area contributed by atoms with Crippen molar-refractivity contribution >= 4 is 23.2 Å². The summed E-state index contributed by atoms with van der Waals surface area (Å²) in [5.74, 6) is 0.347. The first-order valence-electron chi connectivity index (χ1n) is 5.92. The van der Waals surface area contributed by atoms with Crippen molar-refractivity contribution in [3.63, 3.8) is 0 Å². The minimum atomic E-state index is -0.451. The first-order chi connectivity index (χ1) is 10.0. The van der Waals surface area contributed by atoms with Crippen molar-refractivity contribution in [2.45, 2.75) is 0 Å². The summed E-state index contributed by atoms with van der Waals surface area (Å²) in [6.45, 7) is 0. The van der Waals surface area contributed by atoms with Gasteiger partial charge in [0.15, 0.2) is 11.5 Å². The lowest BCUT2D eigenvalue weighted by molar-refractivity contribution is 0.102. The number of amides is 1. The van der Waals surface area contributed by atoms with Crippen molar-refractivity contribution in [3.05, 3.63) is 41.2 Å². The lowest BCUT2D eigenvalue weighted by Crippen LogP contribution is -2.12. The molecule has 2 N–H and O–H groups in total. The summed E-state index contributed by atoms with van der Waals surface area (Å²) in [5, 5.41) is 12.3. The number of nitrogens with zero attached hydrogens (tertiary/aromatic N) is 1. The smallest absolute Gasteiger partial charge is 0.257 e. The number of halogens is 1. The molecule has 21 heavy (non-hydrogen) atoms. The van der Waals surface area contributed by atoms with Gasteiger partial charge in [-0.15, -0.1) is 0 Å². The van der Waals surface area contributed by atoms with Crippen LogP contribution in [0.4, 0.5) is 5.69 Å². The fraction of sp³-hybridized carbons (Fsp3) is 0.143. The maximum Gasteiger partial charge on any atom is 0.257 e. The van der Waals surface area contributed by atoms with Crippen molar-refractivity contribution < 1.29 is 19.4 Å². The Morgan fingerprint density at radius 3 is 2.48 bits per heavy atom. The molecule has 1 heterocycles. The van der Waals surface area contributed by atoms with Crippen molar-refractivity contribution in [1.82, 2.24) is 4.98 Å². The van der Waals surface area contributed by atoms with E-state index in [4.69, 9.17) is 21.1 Å². The van der Waals surface area contributed by atoms with Gasteiger partial charge in [-0.05, 0) is 6.07 Å². The number of anilines is 1. The van der Waals surface area contributed by atoms with Crippen LogP contribution in [0.3, 0.4) is 0 Å². The first-order valence-corrected chi connectivity index (χ1v) is 6.30. The number of hydrogen-bond donors (Lipinski definition) is 2. The van der Waals surface area contributed by atoms with Gasteiger partial charge in [0, 0.05) is 18.3 Å². The van der Waals surface area contributed by atoms with Crippen LogP contribution in [0.2, 0.25) is 5.02 Å². The van der Waals surface area contributed by atoms with E-state index in [0.29, 0.717) is 22.2 Å². The second kappa shape index (κ2) is 6.32. The lowest BCUT2D eigenvalue weighted by atomic mass is 10.2. The van der Waals surface area contributed by atoms with Crippen LogP contribution in [0.5, 0.6) is 17.2 Å². The zero-order valence-corrected chi connectivity index (χ0v) is 12.1. The summed E-state index contributed by atoms with van der Waals surface area (Å²) in [6, 6.07) is 4.39. The Morgan fingerprint density at radius 2 is 1.86 bits per heavy atom. The van der Waals surface area contributed by atoms with E-state index in [1.54, 1.807) is 6.07 Å². The largest absolute Gasteiger partial charge is 0.506 e. The Morgan fingerprint density at radius 1 is 1.19 bits per heavy atom. The number of hydrogen-bond acceptors (Lipinski definition) is 5. The van der Waals surface area contributed by atoms with E-state index in [1.807, 2.05) is 0 Å². The number of nitrogens with one attached hydrogen (secondary N) is 1. The first kappa shape index (κ1) is 14.9. The van der Waals surface area contributed by atoms with Gasteiger partial charge >= 0.3 is 0 Å². The second-order valence-electron chi connectivity index (χ2n) is 4.07. The van der Waals surface area contributed by atoms with E-state index in [9.17, 15) is 9.90 Å². The second-order valence-corrected chi connectivity index (χ2v) is 4.48. The molecule has 7 heteroatoms. The molecule has 0 saturated heterocycles. The number of rotatable bonds is 4. The highest BCUT2D eigenvalue weighted by atomic mass is 35.5. The molecule has 2 aromatic rings. The Kier molecular flexibility index (Phi) is 4.49. The monoisotopic (exact) mass is 308 g/mol. The molecule has 0 aliphatic carbocycles. The predicted octanol–water partition coefficient (Wildman–Crippen LogP) is 2.71. The van der Waals surface area contributed by atoms with Crippen LogP contribution >= 0.6 is 11.6 Å². The molecule has 6 nitrogen and oxygen atoms in total. The molecule has 1 amide bonds. The Labute approximate surface area is 126 Å². The molecule has 1 aromatic carbocycles. The topological polar surface area (TPSA) is 80.7 Å². The van der Waals surface area contributed by atoms with Gasteiger partial charge in [0.2, 0.25) is 0 Å². The maximum absolute atomic E-state index is 12.1. The molecule has 110 valence electrons. The third kappa shape index (κ3) is 3.35. The van der Waals surface area contributed by atoms with Crippen LogP contribution in [0, 0.1) is 0 Å². The van der Waals surface area contributed by atoms with Gasteiger partial charge < -0.3 is 19.9 Å². The van der Waals surface area contributed by atoms with Gasteiger partial charge in [0.1, 0.15) is 5.75 Å². The highest BCUT2D eigenvalue weighted by Crippen LogP contribution is 2.36. The summed E-state index contributed by atoms with van der Waals surface area (Å²) in [5.41, 5.74) is 0.573. The zero-order valence-electron chi connectivity index (χ0n) is 11.4. The van der Waals surface area contributed by atoms with Crippen LogP contribution in [-0.4, -0.2) is 30.2 Å². The molecule has 0 radical (unpaired) electrons. The van der Waals surface area contributed by atoms with Gasteiger partial charge in [-0.2, -0.15) is 0 Å². The van der Waals surface area contributed by atoms with Crippen LogP contribution in [-0.2, 0) is 0 Å². The SMILES string of the molecule is COc1cc(Cl)c(NC(=O)c2cncc(O)c2)cc1OC. The maximum atomic E-state index is 12.1.